The molecule has 5 nitrogen and oxygen atoms in total. The van der Waals surface area contributed by atoms with Gasteiger partial charge in [0.05, 0.1) is 29.5 Å². The molecule has 0 fully saturated rings. The molecule has 0 saturated carbocycles. The van der Waals surface area contributed by atoms with Crippen molar-refractivity contribution in [2.75, 3.05) is 7.11 Å². The standard InChI is InChI=1S/C19H19N3O2/c1-12-13(2)22-18-10-15(6-9-17(18)21-12)19(23)20-11-14-4-7-16(24-3)8-5-14/h4-10H,11H2,1-3H3,(H,20,23). The fourth-order valence-electron chi connectivity index (χ4n) is 2.40. The second-order valence-electron chi connectivity index (χ2n) is 5.63. The van der Waals surface area contributed by atoms with Gasteiger partial charge in [0.15, 0.2) is 0 Å². The first-order chi connectivity index (χ1) is 11.6. The highest BCUT2D eigenvalue weighted by molar-refractivity contribution is 5.97. The van der Waals surface area contributed by atoms with Gasteiger partial charge in [0, 0.05) is 12.1 Å². The van der Waals surface area contributed by atoms with E-state index in [0.29, 0.717) is 12.1 Å². The molecule has 3 aromatic rings. The lowest BCUT2D eigenvalue weighted by Gasteiger charge is -2.08. The molecule has 0 bridgehead atoms. The molecular weight excluding hydrogens is 302 g/mol. The number of carbonyl (C=O) groups is 1. The number of nitrogens with zero attached hydrogens (tertiary/aromatic N) is 2. The van der Waals surface area contributed by atoms with E-state index in [4.69, 9.17) is 4.74 Å². The minimum Gasteiger partial charge on any atom is -0.497 e. The third kappa shape index (κ3) is 3.35. The van der Waals surface area contributed by atoms with Crippen LogP contribution >= 0.6 is 0 Å². The molecule has 24 heavy (non-hydrogen) atoms. The summed E-state index contributed by atoms with van der Waals surface area (Å²) in [5, 5.41) is 2.92. The number of benzene rings is 2. The predicted octanol–water partition coefficient (Wildman–Crippen LogP) is 3.19. The zero-order chi connectivity index (χ0) is 17.1. The number of methoxy groups -OCH3 is 1. The average molecular weight is 321 g/mol. The molecular formula is C19H19N3O2. The van der Waals surface area contributed by atoms with E-state index in [-0.39, 0.29) is 5.91 Å². The van der Waals surface area contributed by atoms with Crippen molar-refractivity contribution in [3.8, 4) is 5.75 Å². The second kappa shape index (κ2) is 6.66. The quantitative estimate of drug-likeness (QED) is 0.801. The summed E-state index contributed by atoms with van der Waals surface area (Å²) < 4.78 is 5.12. The Morgan fingerprint density at radius 2 is 1.67 bits per heavy atom. The number of amides is 1. The van der Waals surface area contributed by atoms with Crippen molar-refractivity contribution < 1.29 is 9.53 Å². The summed E-state index contributed by atoms with van der Waals surface area (Å²) in [6, 6.07) is 13.0. The van der Waals surface area contributed by atoms with Gasteiger partial charge in [-0.15, -0.1) is 0 Å². The molecule has 0 unspecified atom stereocenters. The van der Waals surface area contributed by atoms with Gasteiger partial charge < -0.3 is 10.1 Å². The van der Waals surface area contributed by atoms with Crippen LogP contribution in [-0.2, 0) is 6.54 Å². The molecule has 0 aliphatic heterocycles. The van der Waals surface area contributed by atoms with Crippen LogP contribution in [0, 0.1) is 13.8 Å². The lowest BCUT2D eigenvalue weighted by atomic mass is 10.1. The van der Waals surface area contributed by atoms with Gasteiger partial charge in [-0.1, -0.05) is 12.1 Å². The Labute approximate surface area is 140 Å². The van der Waals surface area contributed by atoms with Gasteiger partial charge in [-0.05, 0) is 49.7 Å². The van der Waals surface area contributed by atoms with Gasteiger partial charge in [0.1, 0.15) is 5.75 Å². The molecule has 1 amide bonds. The highest BCUT2D eigenvalue weighted by Gasteiger charge is 2.08. The number of fused-ring (bicyclic) bond motifs is 1. The van der Waals surface area contributed by atoms with Crippen molar-refractivity contribution in [2.45, 2.75) is 20.4 Å². The molecule has 5 heteroatoms. The fourth-order valence-corrected chi connectivity index (χ4v) is 2.40. The summed E-state index contributed by atoms with van der Waals surface area (Å²) in [5.41, 5.74) is 4.89. The molecule has 2 aromatic carbocycles. The van der Waals surface area contributed by atoms with Crippen molar-refractivity contribution >= 4 is 16.9 Å². The van der Waals surface area contributed by atoms with E-state index in [1.807, 2.05) is 44.2 Å². The lowest BCUT2D eigenvalue weighted by Crippen LogP contribution is -2.22. The summed E-state index contributed by atoms with van der Waals surface area (Å²) in [4.78, 5) is 21.3. The van der Waals surface area contributed by atoms with Gasteiger partial charge in [-0.2, -0.15) is 0 Å². The van der Waals surface area contributed by atoms with Crippen LogP contribution in [0.4, 0.5) is 0 Å². The van der Waals surface area contributed by atoms with Gasteiger partial charge in [-0.3, -0.25) is 4.79 Å². The maximum Gasteiger partial charge on any atom is 0.251 e. The molecule has 1 heterocycles. The predicted molar refractivity (Wildman–Crippen MR) is 93.2 cm³/mol. The van der Waals surface area contributed by atoms with Crippen LogP contribution < -0.4 is 10.1 Å². The fraction of sp³-hybridized carbons (Fsp3) is 0.211. The molecule has 122 valence electrons. The highest BCUT2D eigenvalue weighted by atomic mass is 16.5. The molecule has 0 aliphatic rings. The summed E-state index contributed by atoms with van der Waals surface area (Å²) in [6.07, 6.45) is 0. The largest absolute Gasteiger partial charge is 0.497 e. The summed E-state index contributed by atoms with van der Waals surface area (Å²) in [5.74, 6) is 0.664. The zero-order valence-electron chi connectivity index (χ0n) is 14.0. The number of hydrogen-bond donors (Lipinski definition) is 1. The van der Waals surface area contributed by atoms with Crippen LogP contribution in [0.5, 0.6) is 5.75 Å². The first-order valence-corrected chi connectivity index (χ1v) is 7.73. The maximum atomic E-state index is 12.4. The van der Waals surface area contributed by atoms with Crippen molar-refractivity contribution in [3.63, 3.8) is 0 Å². The van der Waals surface area contributed by atoms with Gasteiger partial charge in [0.2, 0.25) is 0 Å². The molecule has 0 atom stereocenters. The van der Waals surface area contributed by atoms with Crippen molar-refractivity contribution in [1.29, 1.82) is 0 Å². The average Bonchev–Trinajstić information content (AvgIpc) is 2.60. The second-order valence-corrected chi connectivity index (χ2v) is 5.63. The third-order valence-corrected chi connectivity index (χ3v) is 3.95. The first kappa shape index (κ1) is 15.9. The van der Waals surface area contributed by atoms with Crippen LogP contribution in [-0.4, -0.2) is 23.0 Å². The normalized spacial score (nSPS) is 10.6. The monoisotopic (exact) mass is 321 g/mol. The Bertz CT molecular complexity index is 889. The summed E-state index contributed by atoms with van der Waals surface area (Å²) >= 11 is 0. The summed E-state index contributed by atoms with van der Waals surface area (Å²) in [7, 11) is 1.63. The van der Waals surface area contributed by atoms with E-state index >= 15 is 0 Å². The minimum absolute atomic E-state index is 0.132. The molecule has 1 aromatic heterocycles. The SMILES string of the molecule is COc1ccc(CNC(=O)c2ccc3nc(C)c(C)nc3c2)cc1. The van der Waals surface area contributed by atoms with E-state index in [1.165, 1.54) is 0 Å². The number of ether oxygens (including phenoxy) is 1. The van der Waals surface area contributed by atoms with Crippen LogP contribution in [0.15, 0.2) is 42.5 Å². The van der Waals surface area contributed by atoms with E-state index in [9.17, 15) is 4.79 Å². The molecule has 0 radical (unpaired) electrons. The number of hydrogen-bond acceptors (Lipinski definition) is 4. The Kier molecular flexibility index (Phi) is 4.42. The van der Waals surface area contributed by atoms with Gasteiger partial charge >= 0.3 is 0 Å². The van der Waals surface area contributed by atoms with Crippen molar-refractivity contribution in [3.05, 3.63) is 65.0 Å². The molecule has 3 rings (SSSR count). The first-order valence-electron chi connectivity index (χ1n) is 7.73. The van der Waals surface area contributed by atoms with Crippen molar-refractivity contribution in [1.82, 2.24) is 15.3 Å². The van der Waals surface area contributed by atoms with Crippen LogP contribution in [0.3, 0.4) is 0 Å². The Morgan fingerprint density at radius 1 is 1.00 bits per heavy atom. The van der Waals surface area contributed by atoms with Crippen molar-refractivity contribution in [2.24, 2.45) is 0 Å². The van der Waals surface area contributed by atoms with E-state index < -0.39 is 0 Å². The third-order valence-electron chi connectivity index (χ3n) is 3.95. The van der Waals surface area contributed by atoms with E-state index in [0.717, 1.165) is 33.7 Å². The molecule has 0 aliphatic carbocycles. The lowest BCUT2D eigenvalue weighted by molar-refractivity contribution is 0.0951. The minimum atomic E-state index is -0.132. The Morgan fingerprint density at radius 3 is 2.33 bits per heavy atom. The Hall–Kier alpha value is -2.95. The number of aromatic nitrogens is 2. The molecule has 0 spiro atoms. The smallest absolute Gasteiger partial charge is 0.251 e. The van der Waals surface area contributed by atoms with Gasteiger partial charge in [0.25, 0.3) is 5.91 Å². The topological polar surface area (TPSA) is 64.1 Å². The molecule has 1 N–H and O–H groups in total. The number of carbonyl (C=O) groups excluding carboxylic acids is 1. The van der Waals surface area contributed by atoms with Gasteiger partial charge in [-0.25, -0.2) is 9.97 Å². The number of nitrogens with one attached hydrogen (secondary N) is 1. The number of rotatable bonds is 4. The van der Waals surface area contributed by atoms with E-state index in [2.05, 4.69) is 15.3 Å². The highest BCUT2D eigenvalue weighted by Crippen LogP contribution is 2.15. The van der Waals surface area contributed by atoms with Crippen LogP contribution in [0.25, 0.3) is 11.0 Å². The van der Waals surface area contributed by atoms with E-state index in [1.54, 1.807) is 19.2 Å². The maximum absolute atomic E-state index is 12.4. The summed E-state index contributed by atoms with van der Waals surface area (Å²) in [6.45, 7) is 4.30. The molecule has 0 saturated heterocycles. The number of aryl methyl sites for hydroxylation is 2. The Balaban J connectivity index is 1.74. The zero-order valence-corrected chi connectivity index (χ0v) is 14.0. The van der Waals surface area contributed by atoms with Crippen LogP contribution in [0.2, 0.25) is 0 Å². The van der Waals surface area contributed by atoms with Crippen LogP contribution in [0.1, 0.15) is 27.3 Å².